The number of benzene rings is 2. The van der Waals surface area contributed by atoms with Crippen LogP contribution in [0.2, 0.25) is 0 Å². The first kappa shape index (κ1) is 22.5. The highest BCUT2D eigenvalue weighted by atomic mass is 16.2. The Morgan fingerprint density at radius 1 is 1.03 bits per heavy atom. The molecule has 0 radical (unpaired) electrons. The lowest BCUT2D eigenvalue weighted by atomic mass is 9.92. The molecule has 4 amide bonds. The van der Waals surface area contributed by atoms with E-state index in [9.17, 15) is 14.4 Å². The van der Waals surface area contributed by atoms with Gasteiger partial charge >= 0.3 is 6.03 Å². The van der Waals surface area contributed by atoms with Crippen molar-refractivity contribution in [3.63, 3.8) is 0 Å². The van der Waals surface area contributed by atoms with Crippen LogP contribution in [-0.4, -0.2) is 53.8 Å². The summed E-state index contributed by atoms with van der Waals surface area (Å²) >= 11 is 0. The number of urea groups is 1. The van der Waals surface area contributed by atoms with Crippen molar-refractivity contribution in [2.75, 3.05) is 26.2 Å². The Bertz CT molecular complexity index is 915. The SMILES string of the molecule is CCN(CC)C(CNC(=O)CN1C(=O)NC(C)(c2ccccc2)C1=O)c1ccccc1. The first-order chi connectivity index (χ1) is 14.9. The summed E-state index contributed by atoms with van der Waals surface area (Å²) in [4.78, 5) is 41.4. The van der Waals surface area contributed by atoms with E-state index in [1.54, 1.807) is 19.1 Å². The number of rotatable bonds is 9. The van der Waals surface area contributed by atoms with E-state index < -0.39 is 17.5 Å². The molecule has 2 aromatic rings. The van der Waals surface area contributed by atoms with Crippen molar-refractivity contribution < 1.29 is 14.4 Å². The van der Waals surface area contributed by atoms with E-state index in [1.807, 2.05) is 48.5 Å². The molecule has 1 aliphatic heterocycles. The Morgan fingerprint density at radius 3 is 2.19 bits per heavy atom. The number of hydrogen-bond acceptors (Lipinski definition) is 4. The largest absolute Gasteiger partial charge is 0.353 e. The molecule has 2 atom stereocenters. The molecule has 2 N–H and O–H groups in total. The Hall–Kier alpha value is -3.19. The standard InChI is InChI=1S/C24H30N4O3/c1-4-27(5-2)20(18-12-8-6-9-13-18)16-25-21(29)17-28-22(30)24(3,26-23(28)31)19-14-10-7-11-15-19/h6-15,20H,4-5,16-17H2,1-3H3,(H,25,29)(H,26,31). The molecule has 3 rings (SSSR count). The van der Waals surface area contributed by atoms with Gasteiger partial charge in [-0.25, -0.2) is 4.79 Å². The van der Waals surface area contributed by atoms with Gasteiger partial charge < -0.3 is 10.6 Å². The van der Waals surface area contributed by atoms with Crippen LogP contribution < -0.4 is 10.6 Å². The van der Waals surface area contributed by atoms with E-state index in [0.29, 0.717) is 12.1 Å². The van der Waals surface area contributed by atoms with Gasteiger partial charge in [-0.3, -0.25) is 19.4 Å². The number of carbonyl (C=O) groups is 3. The van der Waals surface area contributed by atoms with Gasteiger partial charge in [0, 0.05) is 6.54 Å². The van der Waals surface area contributed by atoms with Gasteiger partial charge in [-0.05, 0) is 31.1 Å². The average molecular weight is 423 g/mol. The number of carbonyl (C=O) groups excluding carboxylic acids is 3. The zero-order chi connectivity index (χ0) is 22.4. The lowest BCUT2D eigenvalue weighted by molar-refractivity contribution is -0.134. The molecule has 0 aliphatic carbocycles. The van der Waals surface area contributed by atoms with Crippen molar-refractivity contribution in [1.82, 2.24) is 20.4 Å². The van der Waals surface area contributed by atoms with Crippen molar-refractivity contribution in [1.29, 1.82) is 0 Å². The Morgan fingerprint density at radius 2 is 1.61 bits per heavy atom. The Balaban J connectivity index is 1.67. The molecule has 164 valence electrons. The van der Waals surface area contributed by atoms with E-state index in [0.717, 1.165) is 23.6 Å². The van der Waals surface area contributed by atoms with Crippen molar-refractivity contribution in [3.05, 3.63) is 71.8 Å². The maximum Gasteiger partial charge on any atom is 0.325 e. The highest BCUT2D eigenvalue weighted by Crippen LogP contribution is 2.28. The van der Waals surface area contributed by atoms with Gasteiger partial charge in [0.05, 0.1) is 6.04 Å². The van der Waals surface area contributed by atoms with Crippen molar-refractivity contribution >= 4 is 17.8 Å². The molecule has 1 aliphatic rings. The van der Waals surface area contributed by atoms with Crippen molar-refractivity contribution in [2.24, 2.45) is 0 Å². The summed E-state index contributed by atoms with van der Waals surface area (Å²) in [6.07, 6.45) is 0. The highest BCUT2D eigenvalue weighted by Gasteiger charge is 2.49. The van der Waals surface area contributed by atoms with E-state index >= 15 is 0 Å². The smallest absolute Gasteiger partial charge is 0.325 e. The third-order valence-electron chi connectivity index (χ3n) is 5.86. The normalized spacial score (nSPS) is 19.4. The van der Waals surface area contributed by atoms with Crippen LogP contribution in [0.3, 0.4) is 0 Å². The molecule has 0 spiro atoms. The van der Waals surface area contributed by atoms with Crippen LogP contribution in [-0.2, 0) is 15.1 Å². The van der Waals surface area contributed by atoms with E-state index in [4.69, 9.17) is 0 Å². The second kappa shape index (κ2) is 9.75. The number of likely N-dealkylation sites (N-methyl/N-ethyl adjacent to an activating group) is 1. The molecular formula is C24H30N4O3. The fourth-order valence-corrected chi connectivity index (χ4v) is 4.02. The maximum absolute atomic E-state index is 13.0. The zero-order valence-electron chi connectivity index (χ0n) is 18.3. The van der Waals surface area contributed by atoms with Crippen LogP contribution in [0.4, 0.5) is 4.79 Å². The van der Waals surface area contributed by atoms with Crippen LogP contribution in [0, 0.1) is 0 Å². The molecule has 0 aromatic heterocycles. The molecule has 0 saturated carbocycles. The second-order valence-corrected chi connectivity index (χ2v) is 7.76. The molecule has 2 unspecified atom stereocenters. The van der Waals surface area contributed by atoms with Crippen molar-refractivity contribution in [3.8, 4) is 0 Å². The monoisotopic (exact) mass is 422 g/mol. The van der Waals surface area contributed by atoms with Gasteiger partial charge in [-0.1, -0.05) is 74.5 Å². The van der Waals surface area contributed by atoms with Crippen molar-refractivity contribution in [2.45, 2.75) is 32.4 Å². The minimum Gasteiger partial charge on any atom is -0.353 e. The molecule has 31 heavy (non-hydrogen) atoms. The predicted molar refractivity (Wildman–Crippen MR) is 119 cm³/mol. The topological polar surface area (TPSA) is 81.8 Å². The van der Waals surface area contributed by atoms with Gasteiger partial charge in [0.25, 0.3) is 5.91 Å². The molecule has 7 nitrogen and oxygen atoms in total. The highest BCUT2D eigenvalue weighted by molar-refractivity contribution is 6.09. The van der Waals surface area contributed by atoms with Gasteiger partial charge in [0.1, 0.15) is 12.1 Å². The number of amides is 4. The number of nitrogens with one attached hydrogen (secondary N) is 2. The quantitative estimate of drug-likeness (QED) is 0.609. The molecular weight excluding hydrogens is 392 g/mol. The number of hydrogen-bond donors (Lipinski definition) is 2. The first-order valence-electron chi connectivity index (χ1n) is 10.7. The summed E-state index contributed by atoms with van der Waals surface area (Å²) in [6, 6.07) is 18.5. The lowest BCUT2D eigenvalue weighted by Gasteiger charge is -2.30. The second-order valence-electron chi connectivity index (χ2n) is 7.76. The number of imide groups is 1. The minimum atomic E-state index is -1.17. The Kier molecular flexibility index (Phi) is 7.07. The third-order valence-corrected chi connectivity index (χ3v) is 5.86. The fourth-order valence-electron chi connectivity index (χ4n) is 4.02. The summed E-state index contributed by atoms with van der Waals surface area (Å²) in [5, 5.41) is 5.64. The zero-order valence-corrected chi connectivity index (χ0v) is 18.3. The van der Waals surface area contributed by atoms with Gasteiger partial charge in [-0.2, -0.15) is 0 Å². The number of nitrogens with zero attached hydrogens (tertiary/aromatic N) is 2. The third kappa shape index (κ3) is 4.77. The molecule has 1 saturated heterocycles. The molecule has 0 bridgehead atoms. The van der Waals surface area contributed by atoms with Crippen LogP contribution in [0.5, 0.6) is 0 Å². The fraction of sp³-hybridized carbons (Fsp3) is 0.375. The van der Waals surface area contributed by atoms with Gasteiger partial charge in [0.2, 0.25) is 5.91 Å². The summed E-state index contributed by atoms with van der Waals surface area (Å²) in [5.74, 6) is -0.795. The first-order valence-corrected chi connectivity index (χ1v) is 10.7. The van der Waals surface area contributed by atoms with E-state index in [-0.39, 0.29) is 18.5 Å². The van der Waals surface area contributed by atoms with Crippen LogP contribution in [0.15, 0.2) is 60.7 Å². The maximum atomic E-state index is 13.0. The Labute approximate surface area is 183 Å². The van der Waals surface area contributed by atoms with Gasteiger partial charge in [-0.15, -0.1) is 0 Å². The molecule has 7 heteroatoms. The van der Waals surface area contributed by atoms with Gasteiger partial charge in [0.15, 0.2) is 0 Å². The lowest BCUT2D eigenvalue weighted by Crippen LogP contribution is -2.45. The molecule has 2 aromatic carbocycles. The summed E-state index contributed by atoms with van der Waals surface area (Å²) in [5.41, 5.74) is 0.618. The van der Waals surface area contributed by atoms with Crippen LogP contribution >= 0.6 is 0 Å². The molecule has 1 heterocycles. The van der Waals surface area contributed by atoms with E-state index in [2.05, 4.69) is 29.4 Å². The average Bonchev–Trinajstić information content (AvgIpc) is 3.01. The van der Waals surface area contributed by atoms with Crippen LogP contribution in [0.1, 0.15) is 37.9 Å². The summed E-state index contributed by atoms with van der Waals surface area (Å²) < 4.78 is 0. The predicted octanol–water partition coefficient (Wildman–Crippen LogP) is 2.65. The summed E-state index contributed by atoms with van der Waals surface area (Å²) in [6.45, 7) is 7.59. The summed E-state index contributed by atoms with van der Waals surface area (Å²) in [7, 11) is 0. The molecule has 1 fully saturated rings. The van der Waals surface area contributed by atoms with E-state index in [1.165, 1.54) is 0 Å². The van der Waals surface area contributed by atoms with Crippen LogP contribution in [0.25, 0.3) is 0 Å². The minimum absolute atomic E-state index is 0.0119.